The third kappa shape index (κ3) is 4.11. The molecule has 1 aliphatic carbocycles. The number of carbonyl (C=O) groups excluding carboxylic acids is 1. The minimum absolute atomic E-state index is 0.0586. The summed E-state index contributed by atoms with van der Waals surface area (Å²) in [5.74, 6) is 0.178. The largest absolute Gasteiger partial charge is 0.508 e. The van der Waals surface area contributed by atoms with Gasteiger partial charge in [0.1, 0.15) is 12.4 Å². The molecule has 0 aliphatic heterocycles. The summed E-state index contributed by atoms with van der Waals surface area (Å²) in [6.07, 6.45) is 3.63. The first-order valence-corrected chi connectivity index (χ1v) is 7.53. The Morgan fingerprint density at radius 3 is 2.90 bits per heavy atom. The molecule has 2 rings (SSSR count). The summed E-state index contributed by atoms with van der Waals surface area (Å²) >= 11 is 0. The second-order valence-corrected chi connectivity index (χ2v) is 5.43. The van der Waals surface area contributed by atoms with Crippen molar-refractivity contribution in [2.75, 3.05) is 6.54 Å². The molecule has 0 unspecified atom stereocenters. The molecule has 0 bridgehead atoms. The van der Waals surface area contributed by atoms with Crippen molar-refractivity contribution in [1.29, 1.82) is 0 Å². The van der Waals surface area contributed by atoms with Gasteiger partial charge in [-0.05, 0) is 49.3 Å². The number of carbonyl (C=O) groups is 1. The number of hydrogen-bond donors (Lipinski definition) is 3. The van der Waals surface area contributed by atoms with E-state index in [9.17, 15) is 15.0 Å². The molecule has 1 aromatic rings. The minimum atomic E-state index is -0.574. The predicted octanol–water partition coefficient (Wildman–Crippen LogP) is 2.27. The zero-order chi connectivity index (χ0) is 15.2. The van der Waals surface area contributed by atoms with Crippen LogP contribution in [0.3, 0.4) is 0 Å². The summed E-state index contributed by atoms with van der Waals surface area (Å²) < 4.78 is 5.15. The van der Waals surface area contributed by atoms with Crippen molar-refractivity contribution < 1.29 is 19.7 Å². The number of phenolic OH excluding ortho intramolecular Hbond substituents is 1. The Hall–Kier alpha value is -1.75. The highest BCUT2D eigenvalue weighted by Gasteiger charge is 2.17. The van der Waals surface area contributed by atoms with Crippen molar-refractivity contribution in [3.63, 3.8) is 0 Å². The Labute approximate surface area is 124 Å². The average Bonchev–Trinajstić information content (AvgIpc) is 2.51. The average molecular weight is 293 g/mol. The Bertz CT molecular complexity index is 501. The van der Waals surface area contributed by atoms with Gasteiger partial charge in [-0.1, -0.05) is 13.0 Å². The molecule has 0 saturated carbocycles. The van der Waals surface area contributed by atoms with Crippen molar-refractivity contribution in [3.8, 4) is 5.75 Å². The van der Waals surface area contributed by atoms with E-state index >= 15 is 0 Å². The van der Waals surface area contributed by atoms with Gasteiger partial charge >= 0.3 is 6.09 Å². The summed E-state index contributed by atoms with van der Waals surface area (Å²) in [6, 6.07) is 3.62. The molecule has 0 spiro atoms. The number of rotatable bonds is 5. The third-order valence-electron chi connectivity index (χ3n) is 3.93. The topological polar surface area (TPSA) is 78.8 Å². The van der Waals surface area contributed by atoms with Crippen molar-refractivity contribution in [3.05, 3.63) is 28.8 Å². The third-order valence-corrected chi connectivity index (χ3v) is 3.93. The zero-order valence-electron chi connectivity index (χ0n) is 12.4. The Balaban J connectivity index is 1.95. The number of nitrogens with one attached hydrogen (secondary N) is 1. The first-order chi connectivity index (χ1) is 10.1. The molecule has 0 saturated heterocycles. The molecule has 1 amide bonds. The molecule has 5 nitrogen and oxygen atoms in total. The first-order valence-electron chi connectivity index (χ1n) is 7.53. The van der Waals surface area contributed by atoms with E-state index in [0.29, 0.717) is 12.0 Å². The smallest absolute Gasteiger partial charge is 0.407 e. The van der Waals surface area contributed by atoms with Crippen LogP contribution in [0, 0.1) is 0 Å². The molecule has 3 N–H and O–H groups in total. The quantitative estimate of drug-likeness (QED) is 0.778. The van der Waals surface area contributed by atoms with Crippen LogP contribution in [0.25, 0.3) is 0 Å². The van der Waals surface area contributed by atoms with Crippen molar-refractivity contribution in [1.82, 2.24) is 5.32 Å². The second kappa shape index (κ2) is 7.31. The Kier molecular flexibility index (Phi) is 5.44. The predicted molar refractivity (Wildman–Crippen MR) is 79.2 cm³/mol. The van der Waals surface area contributed by atoms with Gasteiger partial charge in [0.15, 0.2) is 0 Å². The molecule has 0 radical (unpaired) electrons. The molecule has 1 atom stereocenters. The Morgan fingerprint density at radius 2 is 2.14 bits per heavy atom. The van der Waals surface area contributed by atoms with Crippen LogP contribution in [0.1, 0.15) is 42.9 Å². The first kappa shape index (κ1) is 15.6. The van der Waals surface area contributed by atoms with Gasteiger partial charge in [-0.3, -0.25) is 0 Å². The van der Waals surface area contributed by atoms with E-state index in [1.807, 2.05) is 13.0 Å². The van der Waals surface area contributed by atoms with Gasteiger partial charge in [0.2, 0.25) is 0 Å². The summed E-state index contributed by atoms with van der Waals surface area (Å²) in [7, 11) is 0. The van der Waals surface area contributed by atoms with Crippen LogP contribution in [0.4, 0.5) is 4.79 Å². The number of ether oxygens (including phenoxy) is 1. The van der Waals surface area contributed by atoms with Crippen LogP contribution in [-0.4, -0.2) is 29.0 Å². The van der Waals surface area contributed by atoms with Crippen LogP contribution < -0.4 is 5.32 Å². The fourth-order valence-electron chi connectivity index (χ4n) is 2.59. The van der Waals surface area contributed by atoms with Crippen molar-refractivity contribution >= 4 is 6.09 Å². The van der Waals surface area contributed by atoms with Gasteiger partial charge in [0.25, 0.3) is 0 Å². The van der Waals surface area contributed by atoms with E-state index in [1.54, 1.807) is 6.07 Å². The van der Waals surface area contributed by atoms with E-state index in [0.717, 1.165) is 31.2 Å². The number of fused-ring (bicyclic) bond motifs is 1. The van der Waals surface area contributed by atoms with E-state index in [1.165, 1.54) is 5.56 Å². The SMILES string of the molecule is CC[C@H](O)CNC(=O)OCc1c(O)ccc2c1CCCC2. The molecular formula is C16H23NO4. The van der Waals surface area contributed by atoms with Crippen molar-refractivity contribution in [2.24, 2.45) is 0 Å². The number of benzene rings is 1. The lowest BCUT2D eigenvalue weighted by atomic mass is 9.88. The summed E-state index contributed by atoms with van der Waals surface area (Å²) in [6.45, 7) is 2.07. The summed E-state index contributed by atoms with van der Waals surface area (Å²) in [5.41, 5.74) is 3.06. The van der Waals surface area contributed by atoms with Crippen LogP contribution in [-0.2, 0) is 24.2 Å². The molecule has 116 valence electrons. The number of aromatic hydroxyl groups is 1. The normalized spacial score (nSPS) is 15.1. The van der Waals surface area contributed by atoms with Crippen LogP contribution in [0.5, 0.6) is 5.75 Å². The maximum absolute atomic E-state index is 11.6. The fraction of sp³-hybridized carbons (Fsp3) is 0.562. The lowest BCUT2D eigenvalue weighted by molar-refractivity contribution is 0.123. The lowest BCUT2D eigenvalue weighted by Crippen LogP contribution is -2.32. The van der Waals surface area contributed by atoms with Gasteiger partial charge in [0.05, 0.1) is 6.10 Å². The number of aliphatic hydroxyl groups excluding tert-OH is 1. The molecule has 21 heavy (non-hydrogen) atoms. The maximum Gasteiger partial charge on any atom is 0.407 e. The number of phenols is 1. The molecular weight excluding hydrogens is 270 g/mol. The molecule has 5 heteroatoms. The van der Waals surface area contributed by atoms with Crippen LogP contribution in [0.2, 0.25) is 0 Å². The Morgan fingerprint density at radius 1 is 1.38 bits per heavy atom. The number of amides is 1. The lowest BCUT2D eigenvalue weighted by Gasteiger charge is -2.20. The molecule has 0 aromatic heterocycles. The van der Waals surface area contributed by atoms with E-state index < -0.39 is 12.2 Å². The van der Waals surface area contributed by atoms with Crippen molar-refractivity contribution in [2.45, 2.75) is 51.7 Å². The van der Waals surface area contributed by atoms with Gasteiger partial charge in [-0.2, -0.15) is 0 Å². The fourth-order valence-corrected chi connectivity index (χ4v) is 2.59. The highest BCUT2D eigenvalue weighted by molar-refractivity contribution is 5.67. The van der Waals surface area contributed by atoms with Gasteiger partial charge in [0, 0.05) is 12.1 Å². The molecule has 1 aliphatic rings. The van der Waals surface area contributed by atoms with Gasteiger partial charge in [-0.15, -0.1) is 0 Å². The maximum atomic E-state index is 11.6. The standard InChI is InChI=1S/C16H23NO4/c1-2-12(18)9-17-16(20)21-10-14-13-6-4-3-5-11(13)7-8-15(14)19/h7-8,12,18-19H,2-6,9-10H2,1H3,(H,17,20)/t12-/m0/s1. The zero-order valence-corrected chi connectivity index (χ0v) is 12.4. The minimum Gasteiger partial charge on any atom is -0.508 e. The number of aryl methyl sites for hydroxylation is 1. The van der Waals surface area contributed by atoms with E-state index in [2.05, 4.69) is 5.32 Å². The number of aliphatic hydroxyl groups is 1. The molecule has 1 aromatic carbocycles. The van der Waals surface area contributed by atoms with Gasteiger partial charge < -0.3 is 20.3 Å². The van der Waals surface area contributed by atoms with E-state index in [4.69, 9.17) is 4.74 Å². The molecule has 0 fully saturated rings. The van der Waals surface area contributed by atoms with Gasteiger partial charge in [-0.25, -0.2) is 4.79 Å². The monoisotopic (exact) mass is 293 g/mol. The highest BCUT2D eigenvalue weighted by Crippen LogP contribution is 2.30. The number of hydrogen-bond acceptors (Lipinski definition) is 4. The summed E-state index contributed by atoms with van der Waals surface area (Å²) in [4.78, 5) is 11.6. The summed E-state index contributed by atoms with van der Waals surface area (Å²) in [5, 5.41) is 21.9. The highest BCUT2D eigenvalue weighted by atomic mass is 16.5. The van der Waals surface area contributed by atoms with E-state index in [-0.39, 0.29) is 18.9 Å². The second-order valence-electron chi connectivity index (χ2n) is 5.43. The van der Waals surface area contributed by atoms with Crippen LogP contribution >= 0.6 is 0 Å². The number of alkyl carbamates (subject to hydrolysis) is 1. The molecule has 0 heterocycles. The van der Waals surface area contributed by atoms with Crippen LogP contribution in [0.15, 0.2) is 12.1 Å².